The van der Waals surface area contributed by atoms with Gasteiger partial charge in [0.1, 0.15) is 0 Å². The Balaban J connectivity index is 1.63. The molecular formula is C22H26N4O2S2. The van der Waals surface area contributed by atoms with Gasteiger partial charge in [-0.15, -0.1) is 0 Å². The predicted molar refractivity (Wildman–Crippen MR) is 123 cm³/mol. The van der Waals surface area contributed by atoms with Crippen molar-refractivity contribution in [1.82, 2.24) is 19.9 Å². The number of nitrogens with zero attached hydrogens (tertiary/aromatic N) is 2. The Morgan fingerprint density at radius 2 is 1.23 bits per heavy atom. The zero-order valence-electron chi connectivity index (χ0n) is 17.2. The van der Waals surface area contributed by atoms with E-state index in [0.29, 0.717) is 10.3 Å². The van der Waals surface area contributed by atoms with Crippen LogP contribution in [0, 0.1) is 0 Å². The van der Waals surface area contributed by atoms with E-state index in [0.717, 1.165) is 59.7 Å². The van der Waals surface area contributed by atoms with Gasteiger partial charge in [-0.05, 0) is 24.0 Å². The Bertz CT molecular complexity index is 1010. The van der Waals surface area contributed by atoms with Crippen LogP contribution >= 0.6 is 23.5 Å². The Morgan fingerprint density at radius 1 is 0.767 bits per heavy atom. The van der Waals surface area contributed by atoms with Crippen LogP contribution in [-0.4, -0.2) is 19.9 Å². The minimum Gasteiger partial charge on any atom is -0.301 e. The molecule has 2 aromatic heterocycles. The van der Waals surface area contributed by atoms with Crippen LogP contribution in [0.15, 0.2) is 56.3 Å². The lowest BCUT2D eigenvalue weighted by Gasteiger charge is -2.07. The number of nitrogens with one attached hydrogen (secondary N) is 2. The maximum absolute atomic E-state index is 11.8. The zero-order chi connectivity index (χ0) is 21.3. The Morgan fingerprint density at radius 3 is 1.67 bits per heavy atom. The van der Waals surface area contributed by atoms with Crippen molar-refractivity contribution >= 4 is 23.5 Å². The van der Waals surface area contributed by atoms with Crippen molar-refractivity contribution in [2.75, 3.05) is 0 Å². The molecule has 0 radical (unpaired) electrons. The van der Waals surface area contributed by atoms with Crippen molar-refractivity contribution in [3.63, 3.8) is 0 Å². The second kappa shape index (κ2) is 11.2. The summed E-state index contributed by atoms with van der Waals surface area (Å²) in [6.45, 7) is 4.15. The first-order valence-corrected chi connectivity index (χ1v) is 12.1. The third-order valence-corrected chi connectivity index (χ3v) is 6.19. The normalized spacial score (nSPS) is 11.0. The molecule has 0 aliphatic rings. The number of hydrogen-bond donors (Lipinski definition) is 2. The van der Waals surface area contributed by atoms with Gasteiger partial charge < -0.3 is 9.97 Å². The van der Waals surface area contributed by atoms with Crippen LogP contribution in [0.25, 0.3) is 0 Å². The molecule has 0 fully saturated rings. The number of aromatic nitrogens is 4. The molecule has 1 aromatic carbocycles. The van der Waals surface area contributed by atoms with Gasteiger partial charge >= 0.3 is 0 Å². The van der Waals surface area contributed by atoms with E-state index in [4.69, 9.17) is 0 Å². The molecule has 158 valence electrons. The molecule has 0 amide bonds. The van der Waals surface area contributed by atoms with Crippen LogP contribution in [0.1, 0.15) is 49.2 Å². The quantitative estimate of drug-likeness (QED) is 0.358. The first-order chi connectivity index (χ1) is 14.6. The molecule has 2 N–H and O–H groups in total. The first kappa shape index (κ1) is 22.4. The largest absolute Gasteiger partial charge is 0.301 e. The number of aromatic amines is 2. The molecule has 30 heavy (non-hydrogen) atoms. The van der Waals surface area contributed by atoms with Gasteiger partial charge in [0, 0.05) is 35.0 Å². The highest BCUT2D eigenvalue weighted by molar-refractivity contribution is 7.98. The highest BCUT2D eigenvalue weighted by Crippen LogP contribution is 2.23. The van der Waals surface area contributed by atoms with E-state index in [2.05, 4.69) is 52.0 Å². The van der Waals surface area contributed by atoms with Crippen molar-refractivity contribution in [2.24, 2.45) is 0 Å². The van der Waals surface area contributed by atoms with E-state index in [9.17, 15) is 9.59 Å². The van der Waals surface area contributed by atoms with Gasteiger partial charge in [-0.2, -0.15) is 0 Å². The summed E-state index contributed by atoms with van der Waals surface area (Å²) in [4.78, 5) is 38.3. The molecule has 8 heteroatoms. The van der Waals surface area contributed by atoms with E-state index in [-0.39, 0.29) is 11.1 Å². The van der Waals surface area contributed by atoms with Crippen molar-refractivity contribution in [2.45, 2.75) is 61.3 Å². The fraction of sp³-hybridized carbons (Fsp3) is 0.364. The Hall–Kier alpha value is -2.32. The molecule has 0 saturated heterocycles. The summed E-state index contributed by atoms with van der Waals surface area (Å²) in [5, 5.41) is 1.31. The van der Waals surface area contributed by atoms with Crippen molar-refractivity contribution in [3.8, 4) is 0 Å². The molecule has 2 heterocycles. The minimum absolute atomic E-state index is 0.104. The number of benzene rings is 1. The first-order valence-electron chi connectivity index (χ1n) is 10.1. The lowest BCUT2D eigenvalue weighted by Crippen LogP contribution is -2.10. The highest BCUT2D eigenvalue weighted by Gasteiger charge is 2.06. The smallest absolute Gasteiger partial charge is 0.251 e. The van der Waals surface area contributed by atoms with Crippen LogP contribution < -0.4 is 11.1 Å². The van der Waals surface area contributed by atoms with E-state index in [1.54, 1.807) is 12.1 Å². The van der Waals surface area contributed by atoms with Gasteiger partial charge in [0.15, 0.2) is 10.3 Å². The van der Waals surface area contributed by atoms with Gasteiger partial charge in [-0.25, -0.2) is 9.97 Å². The fourth-order valence-electron chi connectivity index (χ4n) is 2.98. The minimum atomic E-state index is -0.104. The molecule has 0 atom stereocenters. The summed E-state index contributed by atoms with van der Waals surface area (Å²) in [5.74, 6) is 1.44. The molecule has 0 unspecified atom stereocenters. The van der Waals surface area contributed by atoms with Crippen LogP contribution in [-0.2, 0) is 24.3 Å². The Kier molecular flexibility index (Phi) is 8.33. The molecule has 0 aliphatic heterocycles. The molecular weight excluding hydrogens is 416 g/mol. The zero-order valence-corrected chi connectivity index (χ0v) is 18.9. The van der Waals surface area contributed by atoms with Crippen LogP contribution in [0.2, 0.25) is 0 Å². The van der Waals surface area contributed by atoms with Crippen LogP contribution in [0.5, 0.6) is 0 Å². The van der Waals surface area contributed by atoms with Gasteiger partial charge in [0.2, 0.25) is 0 Å². The summed E-state index contributed by atoms with van der Waals surface area (Å²) in [6, 6.07) is 11.4. The lowest BCUT2D eigenvalue weighted by atomic mass is 10.2. The molecule has 0 bridgehead atoms. The van der Waals surface area contributed by atoms with E-state index >= 15 is 0 Å². The van der Waals surface area contributed by atoms with Crippen molar-refractivity contribution < 1.29 is 0 Å². The summed E-state index contributed by atoms with van der Waals surface area (Å²) in [7, 11) is 0. The maximum atomic E-state index is 11.8. The number of hydrogen-bond acceptors (Lipinski definition) is 6. The third kappa shape index (κ3) is 6.88. The Labute approximate surface area is 184 Å². The number of H-pyrrole nitrogens is 2. The lowest BCUT2D eigenvalue weighted by molar-refractivity contribution is 0.816. The molecule has 0 aliphatic carbocycles. The topological polar surface area (TPSA) is 91.5 Å². The van der Waals surface area contributed by atoms with Crippen LogP contribution in [0.3, 0.4) is 0 Å². The van der Waals surface area contributed by atoms with Crippen LogP contribution in [0.4, 0.5) is 0 Å². The third-order valence-electron chi connectivity index (χ3n) is 4.30. The maximum Gasteiger partial charge on any atom is 0.251 e. The number of aryl methyl sites for hydroxylation is 2. The predicted octanol–water partition coefficient (Wildman–Crippen LogP) is 4.34. The molecule has 0 saturated carbocycles. The second-order valence-electron chi connectivity index (χ2n) is 6.98. The van der Waals surface area contributed by atoms with Gasteiger partial charge in [0.05, 0.1) is 0 Å². The SMILES string of the molecule is CCCc1cc(=O)[nH]c(SCc2cccc(CSc3nc(CCC)cc(=O)[nH]3)c2)n1. The standard InChI is InChI=1S/C22H26N4O2S2/c1-3-6-17-11-19(27)25-21(23-17)29-13-15-8-5-9-16(10-15)14-30-22-24-18(7-4-2)12-20(28)26-22/h5,8-12H,3-4,6-7,13-14H2,1-2H3,(H,23,25,27)(H,24,26,28). The summed E-state index contributed by atoms with van der Waals surface area (Å²) < 4.78 is 0. The van der Waals surface area contributed by atoms with Gasteiger partial charge in [-0.1, -0.05) is 74.5 Å². The van der Waals surface area contributed by atoms with Gasteiger partial charge in [0.25, 0.3) is 11.1 Å². The second-order valence-corrected chi connectivity index (χ2v) is 8.91. The van der Waals surface area contributed by atoms with Gasteiger partial charge in [-0.3, -0.25) is 9.59 Å². The summed E-state index contributed by atoms with van der Waals surface area (Å²) in [6.07, 6.45) is 3.53. The summed E-state index contributed by atoms with van der Waals surface area (Å²) >= 11 is 3.05. The van der Waals surface area contributed by atoms with E-state index < -0.39 is 0 Å². The average molecular weight is 443 g/mol. The van der Waals surface area contributed by atoms with E-state index in [1.165, 1.54) is 23.5 Å². The molecule has 0 spiro atoms. The fourth-order valence-corrected chi connectivity index (χ4v) is 4.66. The molecule has 3 rings (SSSR count). The molecule has 6 nitrogen and oxygen atoms in total. The number of rotatable bonds is 10. The number of thioether (sulfide) groups is 2. The average Bonchev–Trinajstić information content (AvgIpc) is 2.71. The van der Waals surface area contributed by atoms with Crippen molar-refractivity contribution in [3.05, 3.63) is 79.6 Å². The summed E-state index contributed by atoms with van der Waals surface area (Å²) in [5.41, 5.74) is 3.77. The monoisotopic (exact) mass is 442 g/mol. The van der Waals surface area contributed by atoms with Crippen molar-refractivity contribution in [1.29, 1.82) is 0 Å². The van der Waals surface area contributed by atoms with E-state index in [1.807, 2.05) is 6.07 Å². The highest BCUT2D eigenvalue weighted by atomic mass is 32.2. The molecule has 3 aromatic rings.